The molecular weight excluding hydrogens is 577 g/mol. The van der Waals surface area contributed by atoms with Crippen molar-refractivity contribution < 1.29 is 22.7 Å². The average molecular weight is 607 g/mol. The van der Waals surface area contributed by atoms with Gasteiger partial charge in [-0.1, -0.05) is 54.2 Å². The van der Waals surface area contributed by atoms with Gasteiger partial charge in [-0.05, 0) is 80.0 Å². The van der Waals surface area contributed by atoms with Gasteiger partial charge in [-0.3, -0.25) is 0 Å². The number of benzene rings is 3. The maximum atomic E-state index is 13.2. The maximum absolute atomic E-state index is 13.2. The van der Waals surface area contributed by atoms with Gasteiger partial charge in [0, 0.05) is 16.9 Å². The van der Waals surface area contributed by atoms with E-state index in [1.807, 2.05) is 37.3 Å². The van der Waals surface area contributed by atoms with E-state index < -0.39 is 11.9 Å². The number of aromatic nitrogens is 3. The summed E-state index contributed by atoms with van der Waals surface area (Å²) in [6, 6.07) is 19.1. The first-order valence-corrected chi connectivity index (χ1v) is 14.6. The van der Waals surface area contributed by atoms with Crippen molar-refractivity contribution in [1.29, 1.82) is 0 Å². The number of carbonyl (C=O) groups is 1. The Kier molecular flexibility index (Phi) is 7.33. The number of thioether (sulfide) groups is 1. The molecule has 12 heteroatoms. The van der Waals surface area contributed by atoms with Crippen LogP contribution >= 0.6 is 11.8 Å². The third-order valence-corrected chi connectivity index (χ3v) is 8.61. The topological polar surface area (TPSA) is 84.3 Å². The lowest BCUT2D eigenvalue weighted by Crippen LogP contribution is -2.50. The number of halogens is 3. The van der Waals surface area contributed by atoms with E-state index in [9.17, 15) is 18.0 Å². The van der Waals surface area contributed by atoms with Crippen LogP contribution in [0.2, 0.25) is 0 Å². The fourth-order valence-corrected chi connectivity index (χ4v) is 6.29. The van der Waals surface area contributed by atoms with E-state index in [1.54, 1.807) is 11.8 Å². The summed E-state index contributed by atoms with van der Waals surface area (Å²) in [5, 5.41) is 12.9. The smallest absolute Gasteiger partial charge is 0.406 e. The fourth-order valence-electron chi connectivity index (χ4n) is 5.28. The van der Waals surface area contributed by atoms with Crippen LogP contribution in [-0.4, -0.2) is 32.7 Å². The minimum atomic E-state index is -4.75. The number of nitrogens with zero attached hydrogens (tertiary/aromatic N) is 4. The molecule has 2 N–H and O–H groups in total. The lowest BCUT2D eigenvalue weighted by atomic mass is 10.0. The lowest BCUT2D eigenvalue weighted by molar-refractivity contribution is -0.274. The number of anilines is 1. The highest BCUT2D eigenvalue weighted by atomic mass is 32.2. The number of nitrogens with one attached hydrogen (secondary N) is 2. The van der Waals surface area contributed by atoms with E-state index in [4.69, 9.17) is 0 Å². The summed E-state index contributed by atoms with van der Waals surface area (Å²) in [4.78, 5) is 19.7. The molecule has 8 nitrogen and oxygen atoms in total. The van der Waals surface area contributed by atoms with E-state index in [-0.39, 0.29) is 17.3 Å². The second kappa shape index (κ2) is 11.0. The molecule has 222 valence electrons. The first kappa shape index (κ1) is 28.7. The summed E-state index contributed by atoms with van der Waals surface area (Å²) in [6.07, 6.45) is -1.59. The van der Waals surface area contributed by atoms with Crippen LogP contribution in [0.4, 0.5) is 23.7 Å². The summed E-state index contributed by atoms with van der Waals surface area (Å²) in [6.45, 7) is 6.20. The minimum absolute atomic E-state index is 0.231. The van der Waals surface area contributed by atoms with Gasteiger partial charge in [-0.25, -0.2) is 14.5 Å². The molecule has 2 amide bonds. The molecule has 1 saturated carbocycles. The van der Waals surface area contributed by atoms with Crippen molar-refractivity contribution in [2.24, 2.45) is 0 Å². The summed E-state index contributed by atoms with van der Waals surface area (Å²) in [7, 11) is 0. The quantitative estimate of drug-likeness (QED) is 0.233. The molecule has 1 fully saturated rings. The Morgan fingerprint density at radius 2 is 1.67 bits per heavy atom. The summed E-state index contributed by atoms with van der Waals surface area (Å²) in [5.74, 6) is 0.154. The van der Waals surface area contributed by atoms with Crippen LogP contribution in [0, 0.1) is 13.8 Å². The van der Waals surface area contributed by atoms with Crippen LogP contribution < -0.4 is 20.3 Å². The van der Waals surface area contributed by atoms with Crippen molar-refractivity contribution in [3.63, 3.8) is 0 Å². The first-order chi connectivity index (χ1) is 20.5. The molecule has 43 heavy (non-hydrogen) atoms. The van der Waals surface area contributed by atoms with Gasteiger partial charge in [0.05, 0.1) is 11.2 Å². The average Bonchev–Trinajstić information content (AvgIpc) is 3.40. The number of alkyl halides is 3. The van der Waals surface area contributed by atoms with E-state index in [2.05, 4.69) is 61.7 Å². The number of para-hydroxylation sites is 1. The number of carbonyl (C=O) groups excluding carboxylic acids is 1. The number of hydrogen-bond acceptors (Lipinski definition) is 6. The van der Waals surface area contributed by atoms with Crippen LogP contribution in [0.3, 0.4) is 0 Å². The maximum Gasteiger partial charge on any atom is 0.573 e. The van der Waals surface area contributed by atoms with Crippen LogP contribution in [0.25, 0.3) is 17.1 Å². The van der Waals surface area contributed by atoms with Gasteiger partial charge in [0.15, 0.2) is 11.3 Å². The molecule has 3 aromatic carbocycles. The predicted octanol–water partition coefficient (Wildman–Crippen LogP) is 7.14. The Balaban J connectivity index is 1.11. The Labute approximate surface area is 250 Å². The Hall–Kier alpha value is -4.45. The van der Waals surface area contributed by atoms with Gasteiger partial charge in [0.25, 0.3) is 0 Å². The highest BCUT2D eigenvalue weighted by Gasteiger charge is 2.46. The molecule has 1 aliphatic heterocycles. The third-order valence-electron chi connectivity index (χ3n) is 7.54. The number of rotatable bonds is 7. The third kappa shape index (κ3) is 6.05. The highest BCUT2D eigenvalue weighted by molar-refractivity contribution is 8.03. The second-order valence-corrected chi connectivity index (χ2v) is 11.6. The zero-order valence-corrected chi connectivity index (χ0v) is 24.5. The normalized spacial score (nSPS) is 17.4. The highest BCUT2D eigenvalue weighted by Crippen LogP contribution is 2.46. The van der Waals surface area contributed by atoms with Gasteiger partial charge in [-0.15, -0.1) is 18.3 Å². The molecule has 2 heterocycles. The molecule has 0 spiro atoms. The summed E-state index contributed by atoms with van der Waals surface area (Å²) < 4.78 is 42.7. The SMILES string of the molecule is CC1=CSC(NC(=O)NC2(c3ccc(-c4ncn(-c5ccc(OC(F)(F)F)cc5)n4)cc3)CC2)N1c1c(C)cccc1C. The van der Waals surface area contributed by atoms with Crippen LogP contribution in [0.5, 0.6) is 5.75 Å². The zero-order chi connectivity index (χ0) is 30.4. The summed E-state index contributed by atoms with van der Waals surface area (Å²) in [5.41, 5.74) is 6.08. The number of amides is 2. The molecule has 2 aliphatic rings. The molecule has 1 aliphatic carbocycles. The van der Waals surface area contributed by atoms with Gasteiger partial charge in [0.1, 0.15) is 12.1 Å². The number of urea groups is 1. The van der Waals surface area contributed by atoms with Gasteiger partial charge in [-0.2, -0.15) is 0 Å². The van der Waals surface area contributed by atoms with Crippen molar-refractivity contribution in [1.82, 2.24) is 25.4 Å². The predicted molar refractivity (Wildman–Crippen MR) is 160 cm³/mol. The van der Waals surface area contributed by atoms with Gasteiger partial charge >= 0.3 is 12.4 Å². The summed E-state index contributed by atoms with van der Waals surface area (Å²) >= 11 is 1.57. The number of aryl methyl sites for hydroxylation is 2. The van der Waals surface area contributed by atoms with Gasteiger partial charge in [0.2, 0.25) is 0 Å². The van der Waals surface area contributed by atoms with Crippen LogP contribution in [0.1, 0.15) is 36.5 Å². The van der Waals surface area contributed by atoms with E-state index in [0.717, 1.165) is 46.5 Å². The molecule has 0 saturated heterocycles. The Morgan fingerprint density at radius 3 is 2.30 bits per heavy atom. The minimum Gasteiger partial charge on any atom is -0.406 e. The molecule has 1 unspecified atom stereocenters. The van der Waals surface area contributed by atoms with Crippen molar-refractivity contribution in [3.8, 4) is 22.8 Å². The zero-order valence-electron chi connectivity index (χ0n) is 23.6. The standard InChI is InChI=1S/C31H29F3N6O2S/c1-19-5-4-6-20(2)26(19)40-21(3)17-43-29(40)36-28(41)37-30(15-16-30)23-9-7-22(8-10-23)27-35-18-39(38-27)24-11-13-25(14-12-24)42-31(32,33)34/h4-14,17-18,29H,15-16H2,1-3H3,(H2,36,37,41). The number of ether oxygens (including phenoxy) is 1. The van der Waals surface area contributed by atoms with E-state index in [1.165, 1.54) is 35.3 Å². The Bertz CT molecular complexity index is 1660. The number of hydrogen-bond donors (Lipinski definition) is 2. The molecule has 0 radical (unpaired) electrons. The van der Waals surface area contributed by atoms with Gasteiger partial charge < -0.3 is 20.3 Å². The fraction of sp³-hybridized carbons (Fsp3) is 0.258. The van der Waals surface area contributed by atoms with Crippen molar-refractivity contribution in [2.75, 3.05) is 4.90 Å². The van der Waals surface area contributed by atoms with Crippen LogP contribution in [-0.2, 0) is 5.54 Å². The molecule has 1 aromatic heterocycles. The molecule has 1 atom stereocenters. The Morgan fingerprint density at radius 1 is 1.00 bits per heavy atom. The van der Waals surface area contributed by atoms with Crippen molar-refractivity contribution in [2.45, 2.75) is 51.0 Å². The van der Waals surface area contributed by atoms with E-state index in [0.29, 0.717) is 11.5 Å². The molecule has 4 aromatic rings. The second-order valence-electron chi connectivity index (χ2n) is 10.7. The van der Waals surface area contributed by atoms with Crippen molar-refractivity contribution >= 4 is 23.5 Å². The number of allylic oxidation sites excluding steroid dienone is 1. The molecule has 0 bridgehead atoms. The molecule has 6 rings (SSSR count). The molecular formula is C31H29F3N6O2S. The van der Waals surface area contributed by atoms with Crippen LogP contribution in [0.15, 0.2) is 84.2 Å². The van der Waals surface area contributed by atoms with Crippen molar-refractivity contribution in [3.05, 3.63) is 101 Å². The monoisotopic (exact) mass is 606 g/mol. The first-order valence-electron chi connectivity index (χ1n) is 13.7. The largest absolute Gasteiger partial charge is 0.573 e. The van der Waals surface area contributed by atoms with E-state index >= 15 is 0 Å². The lowest BCUT2D eigenvalue weighted by Gasteiger charge is -2.31.